The Hall–Kier alpha value is -1.40. The Balaban J connectivity index is 2.84. The van der Waals surface area contributed by atoms with Crippen molar-refractivity contribution in [3.05, 3.63) is 29.8 Å². The minimum absolute atomic E-state index is 0.0471. The third kappa shape index (κ3) is 3.54. The van der Waals surface area contributed by atoms with Crippen LogP contribution in [0.15, 0.2) is 29.2 Å². The van der Waals surface area contributed by atoms with Gasteiger partial charge in [-0.05, 0) is 19.1 Å². The number of nitrogens with one attached hydrogen (secondary N) is 2. The van der Waals surface area contributed by atoms with Gasteiger partial charge in [0.25, 0.3) is 0 Å². The van der Waals surface area contributed by atoms with Crippen molar-refractivity contribution in [1.82, 2.24) is 4.72 Å². The Kier molecular flexibility index (Phi) is 4.13. The molecule has 0 saturated carbocycles. The lowest BCUT2D eigenvalue weighted by molar-refractivity contribution is 0.493. The van der Waals surface area contributed by atoms with Crippen LogP contribution in [-0.4, -0.2) is 20.8 Å². The molecule has 0 aliphatic rings. The molecule has 4 N–H and O–H groups in total. The van der Waals surface area contributed by atoms with E-state index in [9.17, 15) is 8.42 Å². The zero-order valence-corrected chi connectivity index (χ0v) is 11.6. The molecule has 1 rings (SSSR count). The lowest BCUT2D eigenvalue weighted by atomic mass is 9.93. The molecule has 1 aromatic rings. The highest BCUT2D eigenvalue weighted by atomic mass is 32.2. The van der Waals surface area contributed by atoms with E-state index >= 15 is 0 Å². The van der Waals surface area contributed by atoms with Crippen LogP contribution in [-0.2, 0) is 10.0 Å². The molecule has 0 aliphatic carbocycles. The van der Waals surface area contributed by atoms with Crippen LogP contribution in [0.25, 0.3) is 0 Å². The standard InChI is InChI=1S/C12H19N3O2S/c1-9-4-6-10(7-5-9)18(16,17)15-8-12(2,3)11(13)14/h4-7,15H,8H2,1-3H3,(H3,13,14). The predicted octanol–water partition coefficient (Wildman–Crippen LogP) is 1.24. The van der Waals surface area contributed by atoms with E-state index in [1.54, 1.807) is 38.1 Å². The molecular formula is C12H19N3O2S. The van der Waals surface area contributed by atoms with Crippen LogP contribution < -0.4 is 10.5 Å². The largest absolute Gasteiger partial charge is 0.387 e. The lowest BCUT2D eigenvalue weighted by Crippen LogP contribution is -2.42. The average molecular weight is 269 g/mol. The number of hydrogen-bond acceptors (Lipinski definition) is 3. The van der Waals surface area contributed by atoms with Gasteiger partial charge >= 0.3 is 0 Å². The SMILES string of the molecule is Cc1ccc(S(=O)(=O)NCC(C)(C)C(=N)N)cc1. The summed E-state index contributed by atoms with van der Waals surface area (Å²) in [5.74, 6) is -0.0471. The number of rotatable bonds is 5. The van der Waals surface area contributed by atoms with E-state index in [0.717, 1.165) is 5.56 Å². The van der Waals surface area contributed by atoms with E-state index in [0.29, 0.717) is 0 Å². The van der Waals surface area contributed by atoms with Gasteiger partial charge < -0.3 is 5.73 Å². The summed E-state index contributed by atoms with van der Waals surface area (Å²) in [5.41, 5.74) is 5.71. The molecule has 0 atom stereocenters. The average Bonchev–Trinajstić information content (AvgIpc) is 2.27. The maximum atomic E-state index is 12.0. The third-order valence-corrected chi connectivity index (χ3v) is 4.18. The monoisotopic (exact) mass is 269 g/mol. The van der Waals surface area contributed by atoms with Crippen molar-refractivity contribution in [2.24, 2.45) is 11.1 Å². The van der Waals surface area contributed by atoms with E-state index in [1.165, 1.54) is 0 Å². The van der Waals surface area contributed by atoms with Gasteiger partial charge in [0.15, 0.2) is 0 Å². The Bertz CT molecular complexity index is 533. The van der Waals surface area contributed by atoms with Gasteiger partial charge in [0.05, 0.1) is 10.7 Å². The van der Waals surface area contributed by atoms with Gasteiger partial charge in [-0.15, -0.1) is 0 Å². The Morgan fingerprint density at radius 1 is 1.33 bits per heavy atom. The topological polar surface area (TPSA) is 96.0 Å². The minimum atomic E-state index is -3.55. The van der Waals surface area contributed by atoms with E-state index < -0.39 is 15.4 Å². The van der Waals surface area contributed by atoms with Crippen molar-refractivity contribution in [1.29, 1.82) is 5.41 Å². The number of sulfonamides is 1. The van der Waals surface area contributed by atoms with Crippen molar-refractivity contribution < 1.29 is 8.42 Å². The van der Waals surface area contributed by atoms with Gasteiger partial charge in [-0.1, -0.05) is 31.5 Å². The first-order valence-electron chi connectivity index (χ1n) is 5.56. The fourth-order valence-electron chi connectivity index (χ4n) is 1.17. The number of amidine groups is 1. The highest BCUT2D eigenvalue weighted by molar-refractivity contribution is 7.89. The van der Waals surface area contributed by atoms with Gasteiger partial charge in [0.1, 0.15) is 0 Å². The van der Waals surface area contributed by atoms with Gasteiger partial charge in [-0.3, -0.25) is 5.41 Å². The summed E-state index contributed by atoms with van der Waals surface area (Å²) in [5, 5.41) is 7.38. The second-order valence-electron chi connectivity index (χ2n) is 4.94. The highest BCUT2D eigenvalue weighted by Crippen LogP contribution is 2.15. The molecule has 0 saturated heterocycles. The van der Waals surface area contributed by atoms with Gasteiger partial charge in [0, 0.05) is 12.0 Å². The number of hydrogen-bond donors (Lipinski definition) is 3. The van der Waals surface area contributed by atoms with Crippen molar-refractivity contribution >= 4 is 15.9 Å². The smallest absolute Gasteiger partial charge is 0.240 e. The van der Waals surface area contributed by atoms with E-state index in [2.05, 4.69) is 4.72 Å². The summed E-state index contributed by atoms with van der Waals surface area (Å²) in [6.45, 7) is 5.42. The Morgan fingerprint density at radius 3 is 2.28 bits per heavy atom. The summed E-state index contributed by atoms with van der Waals surface area (Å²) in [6.07, 6.45) is 0. The molecule has 100 valence electrons. The van der Waals surface area contributed by atoms with Crippen LogP contribution in [0.3, 0.4) is 0 Å². The van der Waals surface area contributed by atoms with Crippen molar-refractivity contribution in [3.63, 3.8) is 0 Å². The van der Waals surface area contributed by atoms with Crippen molar-refractivity contribution in [2.75, 3.05) is 6.54 Å². The Morgan fingerprint density at radius 2 is 1.83 bits per heavy atom. The van der Waals surface area contributed by atoms with Crippen LogP contribution in [0, 0.1) is 17.7 Å². The van der Waals surface area contributed by atoms with Crippen LogP contribution in [0.1, 0.15) is 19.4 Å². The molecule has 1 aromatic carbocycles. The normalized spacial score (nSPS) is 12.4. The van der Waals surface area contributed by atoms with Gasteiger partial charge in [-0.25, -0.2) is 13.1 Å². The first kappa shape index (κ1) is 14.7. The third-order valence-electron chi connectivity index (χ3n) is 2.76. The van der Waals surface area contributed by atoms with Crippen molar-refractivity contribution in [2.45, 2.75) is 25.7 Å². The molecule has 18 heavy (non-hydrogen) atoms. The summed E-state index contributed by atoms with van der Waals surface area (Å²) in [7, 11) is -3.55. The molecular weight excluding hydrogens is 250 g/mol. The quantitative estimate of drug-likeness (QED) is 0.554. The molecule has 6 heteroatoms. The van der Waals surface area contributed by atoms with Crippen LogP contribution >= 0.6 is 0 Å². The zero-order chi connectivity index (χ0) is 14.0. The second kappa shape index (κ2) is 5.07. The van der Waals surface area contributed by atoms with Crippen LogP contribution in [0.2, 0.25) is 0 Å². The lowest BCUT2D eigenvalue weighted by Gasteiger charge is -2.23. The summed E-state index contributed by atoms with van der Waals surface area (Å²) in [6, 6.07) is 6.59. The summed E-state index contributed by atoms with van der Waals surface area (Å²) in [4.78, 5) is 0.215. The molecule has 0 heterocycles. The minimum Gasteiger partial charge on any atom is -0.387 e. The molecule has 0 fully saturated rings. The zero-order valence-electron chi connectivity index (χ0n) is 10.8. The molecule has 0 aliphatic heterocycles. The van der Waals surface area contributed by atoms with E-state index in [4.69, 9.17) is 11.1 Å². The number of benzene rings is 1. The molecule has 0 radical (unpaired) electrons. The molecule has 0 unspecified atom stereocenters. The number of nitrogens with two attached hydrogens (primary N) is 1. The summed E-state index contributed by atoms with van der Waals surface area (Å²) >= 11 is 0. The Labute approximate surface area is 108 Å². The molecule has 5 nitrogen and oxygen atoms in total. The van der Waals surface area contributed by atoms with E-state index in [-0.39, 0.29) is 17.3 Å². The maximum Gasteiger partial charge on any atom is 0.240 e. The molecule has 0 bridgehead atoms. The predicted molar refractivity (Wildman–Crippen MR) is 72.1 cm³/mol. The first-order chi connectivity index (χ1) is 8.15. The van der Waals surface area contributed by atoms with Gasteiger partial charge in [0.2, 0.25) is 10.0 Å². The summed E-state index contributed by atoms with van der Waals surface area (Å²) < 4.78 is 26.4. The van der Waals surface area contributed by atoms with Crippen molar-refractivity contribution in [3.8, 4) is 0 Å². The van der Waals surface area contributed by atoms with Crippen LogP contribution in [0.5, 0.6) is 0 Å². The van der Waals surface area contributed by atoms with E-state index in [1.807, 2.05) is 6.92 Å². The maximum absolute atomic E-state index is 12.0. The fraction of sp³-hybridized carbons (Fsp3) is 0.417. The fourth-order valence-corrected chi connectivity index (χ4v) is 2.38. The second-order valence-corrected chi connectivity index (χ2v) is 6.70. The molecule has 0 amide bonds. The van der Waals surface area contributed by atoms with Crippen LogP contribution in [0.4, 0.5) is 0 Å². The van der Waals surface area contributed by atoms with Gasteiger partial charge in [-0.2, -0.15) is 0 Å². The molecule has 0 aromatic heterocycles. The number of aryl methyl sites for hydroxylation is 1. The highest BCUT2D eigenvalue weighted by Gasteiger charge is 2.24. The molecule has 0 spiro atoms. The first-order valence-corrected chi connectivity index (χ1v) is 7.04.